The molecule has 1 heterocycles. The average molecular weight is 272 g/mol. The maximum absolute atomic E-state index is 6.42. The Morgan fingerprint density at radius 3 is 2.44 bits per heavy atom. The zero-order chi connectivity index (χ0) is 12.4. The molecule has 0 radical (unpaired) electrons. The van der Waals surface area contributed by atoms with Crippen LogP contribution in [-0.2, 0) is 4.74 Å². The second kappa shape index (κ2) is 5.68. The van der Waals surface area contributed by atoms with Gasteiger partial charge in [-0.3, -0.25) is 4.90 Å². The molecule has 1 spiro atoms. The fourth-order valence-electron chi connectivity index (χ4n) is 3.96. The molecule has 3 rings (SSSR count). The highest BCUT2D eigenvalue weighted by molar-refractivity contribution is 6.18. The maximum atomic E-state index is 6.42. The Kier molecular flexibility index (Phi) is 4.17. The highest BCUT2D eigenvalue weighted by atomic mass is 35.5. The lowest BCUT2D eigenvalue weighted by atomic mass is 9.91. The van der Waals surface area contributed by atoms with Gasteiger partial charge in [0.05, 0.1) is 11.7 Å². The van der Waals surface area contributed by atoms with Gasteiger partial charge in [-0.05, 0) is 38.5 Å². The summed E-state index contributed by atoms with van der Waals surface area (Å²) in [6.45, 7) is 2.16. The Morgan fingerprint density at radius 1 is 1.06 bits per heavy atom. The molecule has 3 aliphatic rings. The molecule has 0 aromatic carbocycles. The molecule has 0 N–H and O–H groups in total. The molecule has 1 unspecified atom stereocenters. The lowest BCUT2D eigenvalue weighted by Crippen LogP contribution is -2.45. The fourth-order valence-corrected chi connectivity index (χ4v) is 4.17. The van der Waals surface area contributed by atoms with E-state index in [1.807, 2.05) is 0 Å². The minimum absolute atomic E-state index is 0.289. The molecule has 2 saturated carbocycles. The highest BCUT2D eigenvalue weighted by Crippen LogP contribution is 2.43. The van der Waals surface area contributed by atoms with Crippen molar-refractivity contribution in [3.8, 4) is 0 Å². The molecule has 1 aliphatic heterocycles. The zero-order valence-electron chi connectivity index (χ0n) is 11.4. The minimum Gasteiger partial charge on any atom is -0.370 e. The quantitative estimate of drug-likeness (QED) is 0.709. The van der Waals surface area contributed by atoms with Gasteiger partial charge in [0, 0.05) is 25.0 Å². The van der Waals surface area contributed by atoms with Gasteiger partial charge in [0.25, 0.3) is 0 Å². The Bertz CT molecular complexity index is 274. The number of nitrogens with zero attached hydrogens (tertiary/aromatic N) is 1. The van der Waals surface area contributed by atoms with E-state index in [4.69, 9.17) is 16.3 Å². The van der Waals surface area contributed by atoms with Crippen LogP contribution in [0.25, 0.3) is 0 Å². The largest absolute Gasteiger partial charge is 0.370 e. The normalized spacial score (nSPS) is 31.3. The third-order valence-corrected chi connectivity index (χ3v) is 5.42. The van der Waals surface area contributed by atoms with Crippen molar-refractivity contribution in [2.45, 2.75) is 75.5 Å². The molecule has 104 valence electrons. The van der Waals surface area contributed by atoms with Gasteiger partial charge in [-0.2, -0.15) is 0 Å². The molecule has 3 fully saturated rings. The molecular formula is C15H26ClNO. The van der Waals surface area contributed by atoms with Crippen molar-refractivity contribution in [2.24, 2.45) is 0 Å². The van der Waals surface area contributed by atoms with Crippen LogP contribution in [0, 0.1) is 0 Å². The van der Waals surface area contributed by atoms with E-state index in [2.05, 4.69) is 4.90 Å². The van der Waals surface area contributed by atoms with Crippen molar-refractivity contribution in [1.29, 1.82) is 0 Å². The van der Waals surface area contributed by atoms with Gasteiger partial charge < -0.3 is 4.74 Å². The second-order valence-electron chi connectivity index (χ2n) is 6.44. The molecular weight excluding hydrogens is 246 g/mol. The molecule has 3 heteroatoms. The summed E-state index contributed by atoms with van der Waals surface area (Å²) in [5.41, 5.74) is 0.289. The van der Waals surface area contributed by atoms with Crippen molar-refractivity contribution < 1.29 is 4.74 Å². The SMILES string of the molecule is ClCCN(CC1CCC2(CCCC2)O1)C1CCC1. The summed E-state index contributed by atoms with van der Waals surface area (Å²) >= 11 is 5.94. The Balaban J connectivity index is 1.52. The van der Waals surface area contributed by atoms with Crippen molar-refractivity contribution in [3.63, 3.8) is 0 Å². The van der Waals surface area contributed by atoms with Crippen molar-refractivity contribution in [2.75, 3.05) is 19.0 Å². The van der Waals surface area contributed by atoms with E-state index in [0.29, 0.717) is 6.10 Å². The molecule has 2 nitrogen and oxygen atoms in total. The lowest BCUT2D eigenvalue weighted by molar-refractivity contribution is -0.0543. The van der Waals surface area contributed by atoms with Gasteiger partial charge >= 0.3 is 0 Å². The first-order valence-electron chi connectivity index (χ1n) is 7.79. The van der Waals surface area contributed by atoms with Crippen LogP contribution >= 0.6 is 11.6 Å². The van der Waals surface area contributed by atoms with Gasteiger partial charge in [0.1, 0.15) is 0 Å². The average Bonchev–Trinajstić information content (AvgIpc) is 2.88. The van der Waals surface area contributed by atoms with Crippen molar-refractivity contribution in [1.82, 2.24) is 4.90 Å². The first kappa shape index (κ1) is 13.2. The van der Waals surface area contributed by atoms with E-state index in [0.717, 1.165) is 25.0 Å². The van der Waals surface area contributed by atoms with Crippen LogP contribution in [0.5, 0.6) is 0 Å². The van der Waals surface area contributed by atoms with Crippen molar-refractivity contribution >= 4 is 11.6 Å². The van der Waals surface area contributed by atoms with Crippen LogP contribution in [-0.4, -0.2) is 41.6 Å². The van der Waals surface area contributed by atoms with Gasteiger partial charge in [0.2, 0.25) is 0 Å². The molecule has 1 atom stereocenters. The Labute approximate surface area is 116 Å². The van der Waals surface area contributed by atoms with Crippen molar-refractivity contribution in [3.05, 3.63) is 0 Å². The van der Waals surface area contributed by atoms with Crippen LogP contribution in [0.4, 0.5) is 0 Å². The summed E-state index contributed by atoms with van der Waals surface area (Å²) in [6, 6.07) is 0.799. The smallest absolute Gasteiger partial charge is 0.0710 e. The van der Waals surface area contributed by atoms with E-state index in [1.54, 1.807) is 0 Å². The monoisotopic (exact) mass is 271 g/mol. The molecule has 2 aliphatic carbocycles. The fraction of sp³-hybridized carbons (Fsp3) is 1.00. The van der Waals surface area contributed by atoms with Crippen LogP contribution in [0.2, 0.25) is 0 Å². The predicted octanol–water partition coefficient (Wildman–Crippen LogP) is 3.57. The van der Waals surface area contributed by atoms with Crippen LogP contribution in [0.1, 0.15) is 57.8 Å². The summed E-state index contributed by atoms with van der Waals surface area (Å²) in [4.78, 5) is 2.59. The lowest BCUT2D eigenvalue weighted by Gasteiger charge is -2.38. The maximum Gasteiger partial charge on any atom is 0.0710 e. The molecule has 0 bridgehead atoms. The van der Waals surface area contributed by atoms with Gasteiger partial charge in [-0.25, -0.2) is 0 Å². The molecule has 1 saturated heterocycles. The first-order chi connectivity index (χ1) is 8.81. The van der Waals surface area contributed by atoms with E-state index < -0.39 is 0 Å². The van der Waals surface area contributed by atoms with Crippen LogP contribution in [0.3, 0.4) is 0 Å². The van der Waals surface area contributed by atoms with E-state index in [-0.39, 0.29) is 5.60 Å². The Morgan fingerprint density at radius 2 is 1.83 bits per heavy atom. The van der Waals surface area contributed by atoms with Gasteiger partial charge in [-0.1, -0.05) is 19.3 Å². The number of rotatable bonds is 5. The van der Waals surface area contributed by atoms with Gasteiger partial charge in [-0.15, -0.1) is 11.6 Å². The number of ether oxygens (including phenoxy) is 1. The van der Waals surface area contributed by atoms with Crippen LogP contribution < -0.4 is 0 Å². The minimum atomic E-state index is 0.289. The second-order valence-corrected chi connectivity index (χ2v) is 6.82. The summed E-state index contributed by atoms with van der Waals surface area (Å²) in [7, 11) is 0. The topological polar surface area (TPSA) is 12.5 Å². The first-order valence-corrected chi connectivity index (χ1v) is 8.33. The van der Waals surface area contributed by atoms with E-state index in [1.165, 1.54) is 57.8 Å². The highest BCUT2D eigenvalue weighted by Gasteiger charge is 2.42. The Hall–Kier alpha value is 0.210. The number of hydrogen-bond acceptors (Lipinski definition) is 2. The standard InChI is InChI=1S/C15H26ClNO/c16-10-11-17(13-4-3-5-13)12-14-6-9-15(18-14)7-1-2-8-15/h13-14H,1-12H2. The molecule has 0 amide bonds. The summed E-state index contributed by atoms with van der Waals surface area (Å²) in [6.07, 6.45) is 12.6. The number of alkyl halides is 1. The number of hydrogen-bond donors (Lipinski definition) is 0. The summed E-state index contributed by atoms with van der Waals surface area (Å²) in [5.74, 6) is 0.758. The summed E-state index contributed by atoms with van der Waals surface area (Å²) in [5, 5.41) is 0. The predicted molar refractivity (Wildman–Crippen MR) is 75.2 cm³/mol. The molecule has 0 aromatic heterocycles. The van der Waals surface area contributed by atoms with Gasteiger partial charge in [0.15, 0.2) is 0 Å². The third-order valence-electron chi connectivity index (χ3n) is 5.25. The van der Waals surface area contributed by atoms with Crippen LogP contribution in [0.15, 0.2) is 0 Å². The molecule has 18 heavy (non-hydrogen) atoms. The zero-order valence-corrected chi connectivity index (χ0v) is 12.1. The number of halogens is 1. The van der Waals surface area contributed by atoms with E-state index in [9.17, 15) is 0 Å². The third kappa shape index (κ3) is 2.71. The van der Waals surface area contributed by atoms with E-state index >= 15 is 0 Å². The summed E-state index contributed by atoms with van der Waals surface area (Å²) < 4.78 is 6.42. The molecule has 0 aromatic rings.